The van der Waals surface area contributed by atoms with Gasteiger partial charge in [0.05, 0.1) is 5.75 Å². The van der Waals surface area contributed by atoms with Gasteiger partial charge in [0, 0.05) is 11.2 Å². The Morgan fingerprint density at radius 1 is 1.40 bits per heavy atom. The second-order valence-corrected chi connectivity index (χ2v) is 6.03. The molecule has 7 heteroatoms. The van der Waals surface area contributed by atoms with Gasteiger partial charge in [0.25, 0.3) is 0 Å². The number of hydrogen-bond acceptors (Lipinski definition) is 4. The van der Waals surface area contributed by atoms with E-state index in [1.807, 2.05) is 0 Å². The average molecular weight is 256 g/mol. The van der Waals surface area contributed by atoms with Crippen LogP contribution in [-0.2, 0) is 26.7 Å². The molecule has 0 fully saturated rings. The average Bonchev–Trinajstić information content (AvgIpc) is 2.01. The van der Waals surface area contributed by atoms with Crippen molar-refractivity contribution < 1.29 is 46.7 Å². The maximum absolute atomic E-state index is 10.9. The zero-order valence-corrected chi connectivity index (χ0v) is 12.1. The molecule has 1 aromatic rings. The molecule has 0 saturated carbocycles. The largest absolute Gasteiger partial charge is 1.00 e. The summed E-state index contributed by atoms with van der Waals surface area (Å²) >= 11 is -2.31. The van der Waals surface area contributed by atoms with Crippen molar-refractivity contribution in [1.29, 1.82) is 0 Å². The Kier molecular flexibility index (Phi) is 6.24. The van der Waals surface area contributed by atoms with Gasteiger partial charge in [-0.1, -0.05) is 12.1 Å². The summed E-state index contributed by atoms with van der Waals surface area (Å²) in [6, 6.07) is 5.86. The fourth-order valence-corrected chi connectivity index (χ4v) is 2.26. The second kappa shape index (κ2) is 6.12. The monoisotopic (exact) mass is 256 g/mol. The Morgan fingerprint density at radius 3 is 2.47 bits per heavy atom. The van der Waals surface area contributed by atoms with Crippen molar-refractivity contribution in [3.63, 3.8) is 0 Å². The molecule has 1 aromatic carbocycles. The van der Waals surface area contributed by atoms with Crippen LogP contribution in [0.4, 0.5) is 0 Å². The van der Waals surface area contributed by atoms with Gasteiger partial charge in [-0.25, -0.2) is 8.42 Å². The van der Waals surface area contributed by atoms with Crippen molar-refractivity contribution in [2.45, 2.75) is 10.6 Å². The van der Waals surface area contributed by atoms with Crippen LogP contribution in [0, 0.1) is 0 Å². The summed E-state index contributed by atoms with van der Waals surface area (Å²) in [5, 5.41) is 0. The zero-order chi connectivity index (χ0) is 10.8. The van der Waals surface area contributed by atoms with Crippen molar-refractivity contribution in [1.82, 2.24) is 0 Å². The molecule has 0 radical (unpaired) electrons. The fourth-order valence-electron chi connectivity index (χ4n) is 1.04. The summed E-state index contributed by atoms with van der Waals surface area (Å²) in [6.45, 7) is 0. The van der Waals surface area contributed by atoms with E-state index in [2.05, 4.69) is 0 Å². The first-order valence-corrected chi connectivity index (χ1v) is 6.88. The molecule has 0 aliphatic carbocycles. The van der Waals surface area contributed by atoms with Crippen molar-refractivity contribution in [3.8, 4) is 0 Å². The molecule has 0 amide bonds. The van der Waals surface area contributed by atoms with Crippen LogP contribution in [0.15, 0.2) is 29.2 Å². The molecule has 1 unspecified atom stereocenters. The van der Waals surface area contributed by atoms with Gasteiger partial charge in [-0.2, -0.15) is 0 Å². The molecule has 1 rings (SSSR count). The van der Waals surface area contributed by atoms with Gasteiger partial charge in [0.1, 0.15) is 0 Å². The van der Waals surface area contributed by atoms with Crippen LogP contribution in [0.5, 0.6) is 0 Å². The van der Waals surface area contributed by atoms with Gasteiger partial charge < -0.3 is 4.55 Å². The van der Waals surface area contributed by atoms with Gasteiger partial charge in [-0.3, -0.25) is 4.21 Å². The van der Waals surface area contributed by atoms with Crippen molar-refractivity contribution in [2.24, 2.45) is 0 Å². The number of rotatable bonds is 3. The van der Waals surface area contributed by atoms with Crippen molar-refractivity contribution in [2.75, 3.05) is 6.26 Å². The molecule has 0 heterocycles. The van der Waals surface area contributed by atoms with Gasteiger partial charge in [0.15, 0.2) is 9.84 Å². The molecule has 15 heavy (non-hydrogen) atoms. The Morgan fingerprint density at radius 2 is 2.00 bits per heavy atom. The van der Waals surface area contributed by atoms with E-state index in [1.54, 1.807) is 6.07 Å². The fraction of sp³-hybridized carbons (Fsp3) is 0.250. The van der Waals surface area contributed by atoms with Gasteiger partial charge in [-0.05, 0) is 28.8 Å². The maximum Gasteiger partial charge on any atom is 1.00 e. The van der Waals surface area contributed by atoms with Crippen LogP contribution < -0.4 is 29.6 Å². The van der Waals surface area contributed by atoms with E-state index in [0.29, 0.717) is 5.56 Å². The minimum atomic E-state index is -3.12. The topological polar surface area (TPSA) is 74.3 Å². The van der Waals surface area contributed by atoms with E-state index in [0.717, 1.165) is 6.26 Å². The molecular weight excluding hydrogens is 247 g/mol. The van der Waals surface area contributed by atoms with E-state index in [4.69, 9.17) is 0 Å². The summed E-state index contributed by atoms with van der Waals surface area (Å²) < 4.78 is 43.0. The van der Waals surface area contributed by atoms with Gasteiger partial charge in [-0.15, -0.1) is 0 Å². The second-order valence-electron chi connectivity index (χ2n) is 2.95. The SMILES string of the molecule is CS(=O)(=O)Cc1cccc(S(=O)[O-])c1.[Na+]. The van der Waals surface area contributed by atoms with E-state index < -0.39 is 20.9 Å². The third-order valence-electron chi connectivity index (χ3n) is 1.52. The summed E-state index contributed by atoms with van der Waals surface area (Å²) in [7, 11) is -3.12. The minimum Gasteiger partial charge on any atom is -0.768 e. The third-order valence-corrected chi connectivity index (χ3v) is 3.02. The molecule has 0 N–H and O–H groups in total. The Bertz CT molecular complexity index is 455. The Labute approximate surface area is 114 Å². The maximum atomic E-state index is 10.9. The zero-order valence-electron chi connectivity index (χ0n) is 8.47. The molecule has 0 aliphatic rings. The summed E-state index contributed by atoms with van der Waals surface area (Å²) in [6.07, 6.45) is 1.10. The molecule has 0 saturated heterocycles. The number of hydrogen-bond donors (Lipinski definition) is 0. The smallest absolute Gasteiger partial charge is 0.768 e. The molecule has 4 nitrogen and oxygen atoms in total. The van der Waals surface area contributed by atoms with E-state index in [9.17, 15) is 17.2 Å². The molecule has 0 aliphatic heterocycles. The third kappa shape index (κ3) is 5.79. The van der Waals surface area contributed by atoms with Gasteiger partial charge in [0.2, 0.25) is 0 Å². The minimum absolute atomic E-state index is 0. The van der Waals surface area contributed by atoms with Crippen LogP contribution in [0.2, 0.25) is 0 Å². The van der Waals surface area contributed by atoms with Crippen molar-refractivity contribution >= 4 is 20.9 Å². The molecule has 0 spiro atoms. The summed E-state index contributed by atoms with van der Waals surface area (Å²) in [5.41, 5.74) is 0.481. The predicted molar refractivity (Wildman–Crippen MR) is 52.2 cm³/mol. The quantitative estimate of drug-likeness (QED) is 0.442. The summed E-state index contributed by atoms with van der Waals surface area (Å²) in [4.78, 5) is 0.103. The van der Waals surface area contributed by atoms with E-state index in [-0.39, 0.29) is 40.2 Å². The van der Waals surface area contributed by atoms with E-state index in [1.165, 1.54) is 18.2 Å². The summed E-state index contributed by atoms with van der Waals surface area (Å²) in [5.74, 6) is -0.141. The molecular formula is C8H9NaO4S2. The molecule has 78 valence electrons. The van der Waals surface area contributed by atoms with E-state index >= 15 is 0 Å². The molecule has 1 atom stereocenters. The van der Waals surface area contributed by atoms with Crippen LogP contribution in [0.25, 0.3) is 0 Å². The standard InChI is InChI=1S/C8H10O4S2.Na/c1-14(11,12)6-7-3-2-4-8(5-7)13(9)10;/h2-5H,6H2,1H3,(H,9,10);/q;+1/p-1. The molecule has 0 aromatic heterocycles. The predicted octanol–water partition coefficient (Wildman–Crippen LogP) is -2.53. The first kappa shape index (κ1) is 15.3. The van der Waals surface area contributed by atoms with Crippen molar-refractivity contribution in [3.05, 3.63) is 29.8 Å². The van der Waals surface area contributed by atoms with Crippen LogP contribution >= 0.6 is 0 Å². The first-order chi connectivity index (χ1) is 6.38. The van der Waals surface area contributed by atoms with Crippen LogP contribution in [0.1, 0.15) is 5.56 Å². The Balaban J connectivity index is 0.00000196. The van der Waals surface area contributed by atoms with Crippen LogP contribution in [-0.4, -0.2) is 23.4 Å². The van der Waals surface area contributed by atoms with Gasteiger partial charge >= 0.3 is 29.6 Å². The normalized spacial score (nSPS) is 12.9. The molecule has 0 bridgehead atoms. The van der Waals surface area contributed by atoms with Crippen LogP contribution in [0.3, 0.4) is 0 Å². The first-order valence-electron chi connectivity index (χ1n) is 3.74. The Hall–Kier alpha value is 0.280. The number of sulfone groups is 1. The number of benzene rings is 1.